The maximum absolute atomic E-state index is 11.3. The van der Waals surface area contributed by atoms with Crippen molar-refractivity contribution in [3.63, 3.8) is 0 Å². The second-order valence-electron chi connectivity index (χ2n) is 6.78. The molecule has 1 aliphatic heterocycles. The third-order valence-electron chi connectivity index (χ3n) is 3.56. The minimum atomic E-state index is -0.640. The molecule has 1 N–H and O–H groups in total. The SMILES string of the molecule is CC1CCN(CC(CC(C)(C)C)C(=O)O)CC1. The smallest absolute Gasteiger partial charge is 0.307 e. The van der Waals surface area contributed by atoms with E-state index in [2.05, 4.69) is 32.6 Å². The van der Waals surface area contributed by atoms with Gasteiger partial charge in [-0.25, -0.2) is 0 Å². The predicted octanol–water partition coefficient (Wildman–Crippen LogP) is 2.86. The van der Waals surface area contributed by atoms with E-state index in [1.165, 1.54) is 12.8 Å². The van der Waals surface area contributed by atoms with Crippen molar-refractivity contribution in [3.8, 4) is 0 Å². The highest BCUT2D eigenvalue weighted by Crippen LogP contribution is 2.26. The highest BCUT2D eigenvalue weighted by Gasteiger charge is 2.27. The minimum absolute atomic E-state index is 0.0894. The lowest BCUT2D eigenvalue weighted by atomic mass is 9.84. The van der Waals surface area contributed by atoms with E-state index in [0.717, 1.165) is 32.0 Å². The zero-order chi connectivity index (χ0) is 13.1. The van der Waals surface area contributed by atoms with Crippen molar-refractivity contribution in [1.29, 1.82) is 0 Å². The molecule has 3 heteroatoms. The summed E-state index contributed by atoms with van der Waals surface area (Å²) >= 11 is 0. The number of likely N-dealkylation sites (tertiary alicyclic amines) is 1. The molecule has 17 heavy (non-hydrogen) atoms. The summed E-state index contributed by atoms with van der Waals surface area (Å²) in [5, 5.41) is 9.29. The molecule has 1 atom stereocenters. The van der Waals surface area contributed by atoms with Crippen LogP contribution in [0.25, 0.3) is 0 Å². The van der Waals surface area contributed by atoms with Gasteiger partial charge in [0.2, 0.25) is 0 Å². The van der Waals surface area contributed by atoms with Crippen molar-refractivity contribution in [1.82, 2.24) is 4.90 Å². The van der Waals surface area contributed by atoms with Crippen LogP contribution in [-0.2, 0) is 4.79 Å². The fourth-order valence-corrected chi connectivity index (χ4v) is 2.53. The van der Waals surface area contributed by atoms with Gasteiger partial charge in [0.1, 0.15) is 0 Å². The Bertz CT molecular complexity index is 249. The van der Waals surface area contributed by atoms with Crippen LogP contribution in [0.3, 0.4) is 0 Å². The molecule has 1 saturated heterocycles. The predicted molar refractivity (Wildman–Crippen MR) is 70.0 cm³/mol. The van der Waals surface area contributed by atoms with Gasteiger partial charge in [0, 0.05) is 6.54 Å². The summed E-state index contributed by atoms with van der Waals surface area (Å²) in [7, 11) is 0. The molecular weight excluding hydrogens is 214 g/mol. The van der Waals surface area contributed by atoms with Crippen LogP contribution in [-0.4, -0.2) is 35.6 Å². The van der Waals surface area contributed by atoms with Gasteiger partial charge < -0.3 is 10.0 Å². The fourth-order valence-electron chi connectivity index (χ4n) is 2.53. The third kappa shape index (κ3) is 5.53. The molecule has 0 aromatic carbocycles. The second kappa shape index (κ2) is 5.85. The Labute approximate surface area is 105 Å². The van der Waals surface area contributed by atoms with Gasteiger partial charge in [0.05, 0.1) is 5.92 Å². The number of carboxylic acids is 1. The Morgan fingerprint density at radius 3 is 2.29 bits per heavy atom. The number of rotatable bonds is 4. The number of carboxylic acid groups (broad SMARTS) is 1. The van der Waals surface area contributed by atoms with Crippen LogP contribution in [0.15, 0.2) is 0 Å². The normalized spacial score (nSPS) is 21.4. The van der Waals surface area contributed by atoms with Gasteiger partial charge in [-0.1, -0.05) is 27.7 Å². The minimum Gasteiger partial charge on any atom is -0.481 e. The zero-order valence-electron chi connectivity index (χ0n) is 11.7. The Morgan fingerprint density at radius 2 is 1.88 bits per heavy atom. The van der Waals surface area contributed by atoms with Gasteiger partial charge in [-0.15, -0.1) is 0 Å². The molecule has 0 amide bonds. The highest BCUT2D eigenvalue weighted by molar-refractivity contribution is 5.70. The van der Waals surface area contributed by atoms with Crippen molar-refractivity contribution in [2.24, 2.45) is 17.3 Å². The first-order valence-electron chi connectivity index (χ1n) is 6.73. The molecule has 1 rings (SSSR count). The van der Waals surface area contributed by atoms with Crippen LogP contribution in [0.5, 0.6) is 0 Å². The number of piperidine rings is 1. The van der Waals surface area contributed by atoms with Crippen LogP contribution in [0.1, 0.15) is 47.0 Å². The largest absolute Gasteiger partial charge is 0.481 e. The molecule has 0 spiro atoms. The molecule has 100 valence electrons. The topological polar surface area (TPSA) is 40.5 Å². The maximum atomic E-state index is 11.3. The molecule has 0 radical (unpaired) electrons. The lowest BCUT2D eigenvalue weighted by Gasteiger charge is -2.33. The summed E-state index contributed by atoms with van der Waals surface area (Å²) < 4.78 is 0. The average Bonchev–Trinajstić information content (AvgIpc) is 2.18. The first kappa shape index (κ1) is 14.5. The monoisotopic (exact) mass is 241 g/mol. The summed E-state index contributed by atoms with van der Waals surface area (Å²) in [4.78, 5) is 13.6. The maximum Gasteiger partial charge on any atom is 0.307 e. The van der Waals surface area contributed by atoms with Crippen LogP contribution < -0.4 is 0 Å². The first-order valence-corrected chi connectivity index (χ1v) is 6.73. The number of aliphatic carboxylic acids is 1. The molecule has 0 aromatic heterocycles. The van der Waals surface area contributed by atoms with Crippen LogP contribution in [0, 0.1) is 17.3 Å². The summed E-state index contributed by atoms with van der Waals surface area (Å²) in [6.45, 7) is 11.5. The summed E-state index contributed by atoms with van der Waals surface area (Å²) in [6.07, 6.45) is 3.18. The highest BCUT2D eigenvalue weighted by atomic mass is 16.4. The summed E-state index contributed by atoms with van der Waals surface area (Å²) in [5.41, 5.74) is 0.0894. The van der Waals surface area contributed by atoms with Crippen LogP contribution in [0.4, 0.5) is 0 Å². The van der Waals surface area contributed by atoms with Crippen LogP contribution in [0.2, 0.25) is 0 Å². The van der Waals surface area contributed by atoms with Crippen molar-refractivity contribution in [3.05, 3.63) is 0 Å². The number of nitrogens with zero attached hydrogens (tertiary/aromatic N) is 1. The Hall–Kier alpha value is -0.570. The Balaban J connectivity index is 2.47. The summed E-state index contributed by atoms with van der Waals surface area (Å²) in [6, 6.07) is 0. The molecule has 0 saturated carbocycles. The van der Waals surface area contributed by atoms with Crippen molar-refractivity contribution >= 4 is 5.97 Å². The lowest BCUT2D eigenvalue weighted by Crippen LogP contribution is -2.39. The van der Waals surface area contributed by atoms with E-state index in [1.54, 1.807) is 0 Å². The molecule has 0 bridgehead atoms. The second-order valence-corrected chi connectivity index (χ2v) is 6.78. The van der Waals surface area contributed by atoms with Gasteiger partial charge in [0.15, 0.2) is 0 Å². The molecule has 0 aromatic rings. The zero-order valence-corrected chi connectivity index (χ0v) is 11.7. The van der Waals surface area contributed by atoms with Crippen molar-refractivity contribution in [2.45, 2.75) is 47.0 Å². The van der Waals surface area contributed by atoms with E-state index in [-0.39, 0.29) is 11.3 Å². The number of hydrogen-bond acceptors (Lipinski definition) is 2. The van der Waals surface area contributed by atoms with E-state index in [4.69, 9.17) is 0 Å². The molecule has 3 nitrogen and oxygen atoms in total. The number of hydrogen-bond donors (Lipinski definition) is 1. The molecule has 1 fully saturated rings. The van der Waals surface area contributed by atoms with Gasteiger partial charge in [-0.05, 0) is 43.7 Å². The fraction of sp³-hybridized carbons (Fsp3) is 0.929. The van der Waals surface area contributed by atoms with E-state index in [0.29, 0.717) is 0 Å². The molecule has 1 aliphatic rings. The van der Waals surface area contributed by atoms with Gasteiger partial charge in [-0.2, -0.15) is 0 Å². The third-order valence-corrected chi connectivity index (χ3v) is 3.56. The quantitative estimate of drug-likeness (QED) is 0.822. The lowest BCUT2D eigenvalue weighted by molar-refractivity contribution is -0.143. The van der Waals surface area contributed by atoms with Gasteiger partial charge in [0.25, 0.3) is 0 Å². The average molecular weight is 241 g/mol. The van der Waals surface area contributed by atoms with Crippen molar-refractivity contribution < 1.29 is 9.90 Å². The van der Waals surface area contributed by atoms with E-state index < -0.39 is 5.97 Å². The summed E-state index contributed by atoms with van der Waals surface area (Å²) in [5.74, 6) is -0.0564. The Morgan fingerprint density at radius 1 is 1.35 bits per heavy atom. The van der Waals surface area contributed by atoms with Gasteiger partial charge in [-0.3, -0.25) is 4.79 Å². The molecule has 1 heterocycles. The van der Waals surface area contributed by atoms with Crippen LogP contribution >= 0.6 is 0 Å². The van der Waals surface area contributed by atoms with E-state index >= 15 is 0 Å². The van der Waals surface area contributed by atoms with Crippen molar-refractivity contribution in [2.75, 3.05) is 19.6 Å². The molecule has 1 unspecified atom stereocenters. The molecule has 0 aliphatic carbocycles. The number of carbonyl (C=O) groups is 1. The standard InChI is InChI=1S/C14H27NO2/c1-11-5-7-15(8-6-11)10-12(13(16)17)9-14(2,3)4/h11-12H,5-10H2,1-4H3,(H,16,17). The van der Waals surface area contributed by atoms with Gasteiger partial charge >= 0.3 is 5.97 Å². The molecular formula is C14H27NO2. The van der Waals surface area contributed by atoms with E-state index in [1.807, 2.05) is 0 Å². The Kier molecular flexibility index (Phi) is 4.99. The van der Waals surface area contributed by atoms with E-state index in [9.17, 15) is 9.90 Å². The first-order chi connectivity index (χ1) is 7.78.